The van der Waals surface area contributed by atoms with Crippen LogP contribution in [0.4, 0.5) is 0 Å². The van der Waals surface area contributed by atoms with Gasteiger partial charge in [0.2, 0.25) is 0 Å². The second-order valence-electron chi connectivity index (χ2n) is 19.8. The topological polar surface area (TPSA) is 43.2 Å². The van der Waals surface area contributed by atoms with Gasteiger partial charge in [-0.3, -0.25) is 0 Å². The largest absolute Gasteiger partial charge is 0.474 e. The highest BCUT2D eigenvalue weighted by atomic mass is 16.5. The molecule has 2 heterocycles. The highest BCUT2D eigenvalue weighted by Crippen LogP contribution is 2.48. The molecule has 0 saturated heterocycles. The van der Waals surface area contributed by atoms with E-state index in [1.165, 1.54) is 27.8 Å². The second-order valence-corrected chi connectivity index (χ2v) is 19.8. The Balaban J connectivity index is 1.32. The molecule has 4 nitrogen and oxygen atoms in total. The number of aliphatic imine (C=N–C) groups is 2. The Morgan fingerprint density at radius 1 is 0.558 bits per heavy atom. The minimum absolute atomic E-state index is 0.0747. The maximum absolute atomic E-state index is 6.95. The van der Waals surface area contributed by atoms with Gasteiger partial charge in [0.15, 0.2) is 17.9 Å². The van der Waals surface area contributed by atoms with Crippen LogP contribution < -0.4 is 0 Å². The zero-order valence-corrected chi connectivity index (χ0v) is 34.1. The molecule has 0 radical (unpaired) electrons. The normalized spacial score (nSPS) is 25.3. The zero-order valence-electron chi connectivity index (χ0n) is 34.1. The monoisotopic (exact) mass is 698 g/mol. The second kappa shape index (κ2) is 13.5. The summed E-state index contributed by atoms with van der Waals surface area (Å²) >= 11 is 0. The average Bonchev–Trinajstić information content (AvgIpc) is 3.69. The SMILES string of the molecule is CC(C)(C)C1=CCC(C)([C@@H]2OC(CC3=N[C@H](c4ccc(C(C)(C)C)cc4)[C@H](c4ccc(C(C)(C)C)cc4)O3)=N[C@@H]2c2ccc(C(C)(C)C)cc2)C=C1. The third kappa shape index (κ3) is 8.02. The van der Waals surface area contributed by atoms with Gasteiger partial charge in [0, 0.05) is 5.41 Å². The van der Waals surface area contributed by atoms with Gasteiger partial charge in [-0.2, -0.15) is 0 Å². The fraction of sp³-hybridized carbons (Fsp3) is 0.500. The van der Waals surface area contributed by atoms with Crippen molar-refractivity contribution in [1.82, 2.24) is 0 Å². The molecule has 1 aliphatic carbocycles. The molecule has 1 unspecified atom stereocenters. The third-order valence-corrected chi connectivity index (χ3v) is 11.2. The number of nitrogens with zero attached hydrogens (tertiary/aromatic N) is 2. The van der Waals surface area contributed by atoms with E-state index in [0.29, 0.717) is 18.2 Å². The Kier molecular flexibility index (Phi) is 9.81. The lowest BCUT2D eigenvalue weighted by molar-refractivity contribution is 0.0817. The maximum atomic E-state index is 6.95. The van der Waals surface area contributed by atoms with Crippen molar-refractivity contribution in [1.29, 1.82) is 0 Å². The van der Waals surface area contributed by atoms with Crippen LogP contribution in [0.15, 0.2) is 107 Å². The molecule has 3 aromatic carbocycles. The molecular weight excluding hydrogens is 637 g/mol. The first-order chi connectivity index (χ1) is 24.1. The fourth-order valence-electron chi connectivity index (χ4n) is 7.52. The predicted molar refractivity (Wildman–Crippen MR) is 218 cm³/mol. The summed E-state index contributed by atoms with van der Waals surface area (Å²) in [4.78, 5) is 10.6. The smallest absolute Gasteiger partial charge is 0.194 e. The van der Waals surface area contributed by atoms with Crippen LogP contribution in [0.2, 0.25) is 0 Å². The van der Waals surface area contributed by atoms with Crippen molar-refractivity contribution in [3.8, 4) is 0 Å². The molecule has 276 valence electrons. The number of ether oxygens (including phenoxy) is 2. The first-order valence-electron chi connectivity index (χ1n) is 19.3. The molecule has 0 N–H and O–H groups in total. The summed E-state index contributed by atoms with van der Waals surface area (Å²) in [6, 6.07) is 26.5. The van der Waals surface area contributed by atoms with Gasteiger partial charge in [-0.05, 0) is 67.0 Å². The van der Waals surface area contributed by atoms with E-state index in [1.54, 1.807) is 0 Å². The summed E-state index contributed by atoms with van der Waals surface area (Å²) in [6.45, 7) is 29.4. The zero-order chi connectivity index (χ0) is 37.9. The molecule has 0 amide bonds. The molecule has 0 saturated carbocycles. The van der Waals surface area contributed by atoms with Gasteiger partial charge in [0.1, 0.15) is 18.2 Å². The fourth-order valence-corrected chi connectivity index (χ4v) is 7.52. The summed E-state index contributed by atoms with van der Waals surface area (Å²) in [5.41, 5.74) is 8.86. The standard InChI is InChI=1S/C48H62N2O2/c1-44(2,3)34-20-14-31(15-21-34)40-42(33-18-24-36(25-19-33)46(7,8)9)51-38(49-40)30-39-50-41(32-16-22-35(23-17-32)45(4,5)6)43(52-39)48(13)28-26-37(27-29-48)47(10,11)12/h14-28,40-43H,29-30H2,1-13H3/t40-,41-,42+,43-,48?/m1/s1. The van der Waals surface area contributed by atoms with Crippen molar-refractivity contribution in [2.45, 2.75) is 143 Å². The van der Waals surface area contributed by atoms with E-state index in [4.69, 9.17) is 19.5 Å². The summed E-state index contributed by atoms with van der Waals surface area (Å²) in [6.07, 6.45) is 8.00. The first-order valence-corrected chi connectivity index (χ1v) is 19.3. The highest BCUT2D eigenvalue weighted by Gasteiger charge is 2.46. The van der Waals surface area contributed by atoms with Gasteiger partial charge in [0.05, 0.1) is 6.42 Å². The average molecular weight is 699 g/mol. The lowest BCUT2D eigenvalue weighted by Gasteiger charge is -2.37. The van der Waals surface area contributed by atoms with Crippen molar-refractivity contribution in [2.24, 2.45) is 20.8 Å². The van der Waals surface area contributed by atoms with Crippen LogP contribution in [-0.4, -0.2) is 17.9 Å². The molecule has 0 spiro atoms. The van der Waals surface area contributed by atoms with E-state index in [-0.39, 0.29) is 51.4 Å². The Morgan fingerprint density at radius 2 is 0.981 bits per heavy atom. The number of hydrogen-bond donors (Lipinski definition) is 0. The van der Waals surface area contributed by atoms with Crippen LogP contribution >= 0.6 is 0 Å². The van der Waals surface area contributed by atoms with E-state index in [0.717, 1.165) is 17.5 Å². The molecule has 6 rings (SSSR count). The summed E-state index contributed by atoms with van der Waals surface area (Å²) < 4.78 is 13.8. The molecule has 0 aromatic heterocycles. The van der Waals surface area contributed by atoms with Crippen molar-refractivity contribution in [2.75, 3.05) is 0 Å². The van der Waals surface area contributed by atoms with Gasteiger partial charge in [-0.15, -0.1) is 0 Å². The highest BCUT2D eigenvalue weighted by molar-refractivity contribution is 5.98. The molecule has 5 atom stereocenters. The van der Waals surface area contributed by atoms with Gasteiger partial charge < -0.3 is 9.47 Å². The minimum atomic E-state index is -0.234. The number of allylic oxidation sites excluding steroid dienone is 3. The van der Waals surface area contributed by atoms with Crippen molar-refractivity contribution in [3.05, 3.63) is 130 Å². The van der Waals surface area contributed by atoms with Crippen LogP contribution in [0.3, 0.4) is 0 Å². The minimum Gasteiger partial charge on any atom is -0.474 e. The lowest BCUT2D eigenvalue weighted by atomic mass is 9.71. The summed E-state index contributed by atoms with van der Waals surface area (Å²) in [5, 5.41) is 0. The van der Waals surface area contributed by atoms with Crippen LogP contribution in [0.25, 0.3) is 0 Å². The van der Waals surface area contributed by atoms with Crippen LogP contribution in [0.1, 0.15) is 154 Å². The Hall–Kier alpha value is -3.92. The van der Waals surface area contributed by atoms with Crippen LogP contribution in [0, 0.1) is 10.8 Å². The Labute approximate surface area is 314 Å². The number of benzene rings is 3. The molecule has 0 bridgehead atoms. The summed E-state index contributed by atoms with van der Waals surface area (Å²) in [5.74, 6) is 1.37. The van der Waals surface area contributed by atoms with E-state index in [2.05, 4.69) is 181 Å². The van der Waals surface area contributed by atoms with Crippen LogP contribution in [-0.2, 0) is 25.7 Å². The quantitative estimate of drug-likeness (QED) is 0.257. The van der Waals surface area contributed by atoms with Crippen molar-refractivity contribution in [3.63, 3.8) is 0 Å². The Morgan fingerprint density at radius 3 is 1.40 bits per heavy atom. The van der Waals surface area contributed by atoms with Crippen molar-refractivity contribution >= 4 is 11.8 Å². The first kappa shape index (κ1) is 37.8. The number of rotatable bonds is 6. The van der Waals surface area contributed by atoms with E-state index in [1.807, 2.05) is 0 Å². The number of hydrogen-bond acceptors (Lipinski definition) is 4. The van der Waals surface area contributed by atoms with Gasteiger partial charge in [-0.1, -0.05) is 181 Å². The predicted octanol–water partition coefficient (Wildman–Crippen LogP) is 12.7. The molecular formula is C48H62N2O2. The van der Waals surface area contributed by atoms with Gasteiger partial charge in [-0.25, -0.2) is 9.98 Å². The molecule has 4 heteroatoms. The van der Waals surface area contributed by atoms with Crippen molar-refractivity contribution < 1.29 is 9.47 Å². The molecule has 3 aromatic rings. The third-order valence-electron chi connectivity index (χ3n) is 11.2. The van der Waals surface area contributed by atoms with E-state index < -0.39 is 0 Å². The Bertz CT molecular complexity index is 1860. The molecule has 52 heavy (non-hydrogen) atoms. The molecule has 3 aliphatic rings. The molecule has 2 aliphatic heterocycles. The molecule has 0 fully saturated rings. The van der Waals surface area contributed by atoms with E-state index >= 15 is 0 Å². The van der Waals surface area contributed by atoms with Gasteiger partial charge >= 0.3 is 0 Å². The maximum Gasteiger partial charge on any atom is 0.194 e. The van der Waals surface area contributed by atoms with Gasteiger partial charge in [0.25, 0.3) is 0 Å². The van der Waals surface area contributed by atoms with Crippen LogP contribution in [0.5, 0.6) is 0 Å². The summed E-state index contributed by atoms with van der Waals surface area (Å²) in [7, 11) is 0. The van der Waals surface area contributed by atoms with E-state index in [9.17, 15) is 0 Å². The lowest BCUT2D eigenvalue weighted by Crippen LogP contribution is -2.36.